The lowest BCUT2D eigenvalue weighted by Gasteiger charge is -2.06. The number of nitrogens with one attached hydrogen (secondary N) is 1. The predicted octanol–water partition coefficient (Wildman–Crippen LogP) is 3.78. The van der Waals surface area contributed by atoms with E-state index in [2.05, 4.69) is 10.5 Å². The summed E-state index contributed by atoms with van der Waals surface area (Å²) in [5.41, 5.74) is 4.65. The zero-order valence-electron chi connectivity index (χ0n) is 14.2. The number of ether oxygens (including phenoxy) is 1. The molecule has 0 fully saturated rings. The molecule has 26 heavy (non-hydrogen) atoms. The summed E-state index contributed by atoms with van der Waals surface area (Å²) in [4.78, 5) is 11.3. The van der Waals surface area contributed by atoms with Crippen molar-refractivity contribution >= 4 is 12.2 Å². The minimum absolute atomic E-state index is 0.194. The number of hydrogen-bond acceptors (Lipinski definition) is 5. The molecule has 0 radical (unpaired) electrons. The molecule has 2 N–H and O–H groups in total. The van der Waals surface area contributed by atoms with E-state index in [0.29, 0.717) is 23.6 Å². The van der Waals surface area contributed by atoms with E-state index in [-0.39, 0.29) is 5.56 Å². The molecule has 0 saturated carbocycles. The molecule has 2 aromatic carbocycles. The topological polar surface area (TPSA) is 84.1 Å². The van der Waals surface area contributed by atoms with Crippen molar-refractivity contribution in [1.82, 2.24) is 5.43 Å². The van der Waals surface area contributed by atoms with Crippen LogP contribution in [0.5, 0.6) is 5.75 Å². The maximum absolute atomic E-state index is 11.3. The van der Waals surface area contributed by atoms with Gasteiger partial charge < -0.3 is 19.7 Å². The fourth-order valence-corrected chi connectivity index (χ4v) is 2.54. The highest BCUT2D eigenvalue weighted by molar-refractivity contribution is 5.95. The molecule has 0 aliphatic carbocycles. The smallest absolute Gasteiger partial charge is 0.336 e. The Hall–Kier alpha value is -3.54. The third-order valence-electron chi connectivity index (χ3n) is 3.79. The first-order valence-electron chi connectivity index (χ1n) is 7.99. The molecule has 0 spiro atoms. The lowest BCUT2D eigenvalue weighted by Crippen LogP contribution is -2.06. The Morgan fingerprint density at radius 1 is 1.15 bits per heavy atom. The molecule has 1 aromatic heterocycles. The summed E-state index contributed by atoms with van der Waals surface area (Å²) >= 11 is 0. The molecule has 1 heterocycles. The van der Waals surface area contributed by atoms with Gasteiger partial charge in [-0.05, 0) is 24.3 Å². The van der Waals surface area contributed by atoms with E-state index in [0.717, 1.165) is 11.3 Å². The molecule has 6 heteroatoms. The number of methoxy groups -OCH3 is 1. The molecule has 0 amide bonds. The number of rotatable bonds is 7. The van der Waals surface area contributed by atoms with Crippen LogP contribution in [0, 0.1) is 0 Å². The van der Waals surface area contributed by atoms with Crippen molar-refractivity contribution in [1.29, 1.82) is 0 Å². The van der Waals surface area contributed by atoms with Gasteiger partial charge in [-0.15, -0.1) is 0 Å². The molecule has 3 aromatic rings. The van der Waals surface area contributed by atoms with Gasteiger partial charge >= 0.3 is 5.97 Å². The molecular formula is C20H18N2O4. The van der Waals surface area contributed by atoms with Crippen molar-refractivity contribution in [2.45, 2.75) is 6.54 Å². The van der Waals surface area contributed by atoms with Gasteiger partial charge in [0.25, 0.3) is 0 Å². The number of carbonyl (C=O) groups is 1. The van der Waals surface area contributed by atoms with Gasteiger partial charge in [-0.2, -0.15) is 5.10 Å². The van der Waals surface area contributed by atoms with Crippen molar-refractivity contribution in [3.8, 4) is 17.1 Å². The summed E-state index contributed by atoms with van der Waals surface area (Å²) in [6.07, 6.45) is 1.54. The van der Waals surface area contributed by atoms with E-state index in [4.69, 9.17) is 9.15 Å². The summed E-state index contributed by atoms with van der Waals surface area (Å²) in [6, 6.07) is 17.9. The first-order valence-corrected chi connectivity index (χ1v) is 7.99. The number of carboxylic acid groups (broad SMARTS) is 1. The Morgan fingerprint density at radius 2 is 1.92 bits per heavy atom. The number of nitrogens with zero attached hydrogens (tertiary/aromatic N) is 1. The Bertz CT molecular complexity index is 931. The van der Waals surface area contributed by atoms with Crippen molar-refractivity contribution in [2.75, 3.05) is 7.11 Å². The van der Waals surface area contributed by atoms with Gasteiger partial charge in [-0.3, -0.25) is 0 Å². The quantitative estimate of drug-likeness (QED) is 0.500. The predicted molar refractivity (Wildman–Crippen MR) is 98.5 cm³/mol. The number of carboxylic acids is 1. The number of furan rings is 1. The molecule has 6 nitrogen and oxygen atoms in total. The molecule has 3 rings (SSSR count). The van der Waals surface area contributed by atoms with Gasteiger partial charge in [-0.25, -0.2) is 4.79 Å². The molecule has 0 unspecified atom stereocenters. The van der Waals surface area contributed by atoms with Crippen LogP contribution in [0.2, 0.25) is 0 Å². The summed E-state index contributed by atoms with van der Waals surface area (Å²) in [5.74, 6) is 0.799. The van der Waals surface area contributed by atoms with Crippen LogP contribution < -0.4 is 10.2 Å². The van der Waals surface area contributed by atoms with E-state index in [9.17, 15) is 9.90 Å². The first kappa shape index (κ1) is 17.3. The second-order valence-corrected chi connectivity index (χ2v) is 5.46. The minimum Gasteiger partial charge on any atom is -0.496 e. The molecular weight excluding hydrogens is 332 g/mol. The monoisotopic (exact) mass is 350 g/mol. The highest BCUT2D eigenvalue weighted by atomic mass is 16.5. The SMILES string of the molecule is COc1ccccc1CN/N=C/c1ccc(-c2ccccc2C(=O)O)o1. The third kappa shape index (κ3) is 3.92. The third-order valence-corrected chi connectivity index (χ3v) is 3.79. The van der Waals surface area contributed by atoms with Crippen LogP contribution >= 0.6 is 0 Å². The van der Waals surface area contributed by atoms with Crippen molar-refractivity contribution in [3.63, 3.8) is 0 Å². The van der Waals surface area contributed by atoms with Crippen molar-refractivity contribution in [3.05, 3.63) is 77.6 Å². The Balaban J connectivity index is 1.67. The first-order chi connectivity index (χ1) is 12.7. The maximum Gasteiger partial charge on any atom is 0.336 e. The Kier molecular flexibility index (Phi) is 5.34. The van der Waals surface area contributed by atoms with E-state index in [1.54, 1.807) is 49.7 Å². The van der Waals surface area contributed by atoms with Gasteiger partial charge in [0.2, 0.25) is 0 Å². The summed E-state index contributed by atoms with van der Waals surface area (Å²) in [7, 11) is 1.63. The molecule has 0 bridgehead atoms. The Morgan fingerprint density at radius 3 is 2.73 bits per heavy atom. The fourth-order valence-electron chi connectivity index (χ4n) is 2.54. The molecule has 0 aliphatic rings. The van der Waals surface area contributed by atoms with Crippen LogP contribution in [0.25, 0.3) is 11.3 Å². The lowest BCUT2D eigenvalue weighted by atomic mass is 10.1. The van der Waals surface area contributed by atoms with Crippen LogP contribution in [-0.4, -0.2) is 24.4 Å². The zero-order valence-corrected chi connectivity index (χ0v) is 14.2. The van der Waals surface area contributed by atoms with E-state index in [1.807, 2.05) is 24.3 Å². The number of hydrogen-bond donors (Lipinski definition) is 2. The second-order valence-electron chi connectivity index (χ2n) is 5.46. The van der Waals surface area contributed by atoms with Gasteiger partial charge in [0, 0.05) is 11.1 Å². The number of hydrazone groups is 1. The lowest BCUT2D eigenvalue weighted by molar-refractivity contribution is 0.0697. The minimum atomic E-state index is -0.995. The van der Waals surface area contributed by atoms with Gasteiger partial charge in [0.15, 0.2) is 0 Å². The van der Waals surface area contributed by atoms with Crippen LogP contribution in [0.15, 0.2) is 70.2 Å². The number of para-hydroxylation sites is 1. The molecule has 132 valence electrons. The molecule has 0 saturated heterocycles. The summed E-state index contributed by atoms with van der Waals surface area (Å²) in [6.45, 7) is 0.510. The van der Waals surface area contributed by atoms with Crippen LogP contribution in [0.3, 0.4) is 0 Å². The van der Waals surface area contributed by atoms with E-state index >= 15 is 0 Å². The van der Waals surface area contributed by atoms with Crippen molar-refractivity contribution in [2.24, 2.45) is 5.10 Å². The van der Waals surface area contributed by atoms with E-state index < -0.39 is 5.97 Å². The van der Waals surface area contributed by atoms with Gasteiger partial charge in [0.1, 0.15) is 17.3 Å². The number of benzene rings is 2. The largest absolute Gasteiger partial charge is 0.496 e. The normalized spacial score (nSPS) is 10.8. The molecule has 0 aliphatic heterocycles. The van der Waals surface area contributed by atoms with Gasteiger partial charge in [0.05, 0.1) is 25.4 Å². The maximum atomic E-state index is 11.3. The van der Waals surface area contributed by atoms with Crippen LogP contribution in [0.4, 0.5) is 0 Å². The van der Waals surface area contributed by atoms with Crippen molar-refractivity contribution < 1.29 is 19.1 Å². The highest BCUT2D eigenvalue weighted by Gasteiger charge is 2.13. The Labute approximate surface area is 150 Å². The van der Waals surface area contributed by atoms with Crippen LogP contribution in [-0.2, 0) is 6.54 Å². The number of aromatic carboxylic acids is 1. The molecule has 0 atom stereocenters. The summed E-state index contributed by atoms with van der Waals surface area (Å²) in [5, 5.41) is 13.4. The zero-order chi connectivity index (χ0) is 18.4. The van der Waals surface area contributed by atoms with Crippen LogP contribution in [0.1, 0.15) is 21.7 Å². The highest BCUT2D eigenvalue weighted by Crippen LogP contribution is 2.25. The van der Waals surface area contributed by atoms with Gasteiger partial charge in [-0.1, -0.05) is 36.4 Å². The fraction of sp³-hybridized carbons (Fsp3) is 0.100. The summed E-state index contributed by atoms with van der Waals surface area (Å²) < 4.78 is 11.0. The second kappa shape index (κ2) is 8.02. The standard InChI is InChI=1S/C20H18N2O4/c1-25-18-9-5-2-6-14(18)12-21-22-13-15-10-11-19(26-15)16-7-3-4-8-17(16)20(23)24/h2-11,13,21H,12H2,1H3,(H,23,24)/b22-13+. The average Bonchev–Trinajstić information content (AvgIpc) is 3.14. The average molecular weight is 350 g/mol. The van der Waals surface area contributed by atoms with E-state index in [1.165, 1.54) is 0 Å².